The normalized spacial score (nSPS) is 16.9. The fourth-order valence-electron chi connectivity index (χ4n) is 3.22. The first-order valence-electron chi connectivity index (χ1n) is 9.51. The number of hydrogen-bond donors (Lipinski definition) is 4. The molecule has 1 unspecified atom stereocenters. The summed E-state index contributed by atoms with van der Waals surface area (Å²) in [6.45, 7) is 2.85. The van der Waals surface area contributed by atoms with E-state index in [1.165, 1.54) is 26.0 Å². The predicted molar refractivity (Wildman–Crippen MR) is 121 cm³/mol. The third-order valence-electron chi connectivity index (χ3n) is 4.77. The molecule has 11 heteroatoms. The van der Waals surface area contributed by atoms with Gasteiger partial charge in [-0.05, 0) is 62.2 Å². The van der Waals surface area contributed by atoms with Crippen LogP contribution in [0.1, 0.15) is 36.6 Å². The third-order valence-corrected chi connectivity index (χ3v) is 6.65. The number of amides is 1. The lowest BCUT2D eigenvalue weighted by Crippen LogP contribution is -2.17. The summed E-state index contributed by atoms with van der Waals surface area (Å²) in [7, 11) is -3.42. The van der Waals surface area contributed by atoms with Gasteiger partial charge in [-0.25, -0.2) is 17.2 Å². The molecule has 1 amide bonds. The summed E-state index contributed by atoms with van der Waals surface area (Å²) in [5, 5.41) is 12.7. The molecule has 3 rings (SSSR count). The Morgan fingerprint density at radius 3 is 2.16 bits per heavy atom. The Labute approximate surface area is 189 Å². The second kappa shape index (κ2) is 8.72. The van der Waals surface area contributed by atoms with Gasteiger partial charge in [-0.1, -0.05) is 11.8 Å². The molecule has 1 heterocycles. The Hall–Kier alpha value is -2.63. The van der Waals surface area contributed by atoms with Gasteiger partial charge in [-0.2, -0.15) is 0 Å². The second-order valence-electron chi connectivity index (χ2n) is 7.97. The number of aliphatic hydroxyl groups is 1. The van der Waals surface area contributed by atoms with Crippen LogP contribution >= 0.6 is 11.8 Å². The molecule has 1 aliphatic heterocycles. The van der Waals surface area contributed by atoms with E-state index in [2.05, 4.69) is 10.0 Å². The van der Waals surface area contributed by atoms with Crippen molar-refractivity contribution < 1.29 is 27.1 Å². The number of rotatable bonds is 7. The first-order valence-corrected chi connectivity index (χ1v) is 12.3. The van der Waals surface area contributed by atoms with Crippen LogP contribution in [0.15, 0.2) is 47.0 Å². The van der Waals surface area contributed by atoms with Gasteiger partial charge in [0.25, 0.3) is 0 Å². The lowest BCUT2D eigenvalue weighted by atomic mass is 9.94. The number of thioether (sulfide) groups is 1. The van der Waals surface area contributed by atoms with Gasteiger partial charge in [0.1, 0.15) is 11.6 Å². The molecule has 0 aliphatic carbocycles. The Balaban J connectivity index is 1.85. The van der Waals surface area contributed by atoms with Crippen molar-refractivity contribution in [1.82, 2.24) is 0 Å². The number of anilines is 2. The smallest absolute Gasteiger partial charge is 0.247 e. The van der Waals surface area contributed by atoms with Gasteiger partial charge in [-0.15, -0.1) is 0 Å². The van der Waals surface area contributed by atoms with Gasteiger partial charge < -0.3 is 16.2 Å². The molecule has 172 valence electrons. The average Bonchev–Trinajstić information content (AvgIpc) is 3.04. The van der Waals surface area contributed by atoms with Gasteiger partial charge >= 0.3 is 0 Å². The molecule has 2 aromatic rings. The molecule has 0 spiro atoms. The highest BCUT2D eigenvalue weighted by atomic mass is 32.2. The number of benzene rings is 2. The van der Waals surface area contributed by atoms with E-state index in [0.29, 0.717) is 16.4 Å². The van der Waals surface area contributed by atoms with Crippen molar-refractivity contribution in [3.63, 3.8) is 0 Å². The monoisotopic (exact) mass is 483 g/mol. The fraction of sp³-hybridized carbons (Fsp3) is 0.286. The van der Waals surface area contributed by atoms with Crippen molar-refractivity contribution in [3.05, 3.63) is 69.8 Å². The molecule has 2 aromatic carbocycles. The lowest BCUT2D eigenvalue weighted by molar-refractivity contribution is -0.114. The van der Waals surface area contributed by atoms with Crippen molar-refractivity contribution >= 4 is 39.1 Å². The molecule has 5 N–H and O–H groups in total. The van der Waals surface area contributed by atoms with E-state index in [9.17, 15) is 27.1 Å². The summed E-state index contributed by atoms with van der Waals surface area (Å²) in [6, 6.07) is 8.40. The standard InChI is InChI=1S/C21H23F2N3O4S2/c1-21(2,28)11-8-15(22)18(16(23)9-11)17-10-14(19(24)27)20(31-17)25-12-4-6-13(7-5-12)26-32(3,29)30/h4-9,17,25-26,28H,10H2,1-3H3,(H2,24,27). The van der Waals surface area contributed by atoms with Crippen molar-refractivity contribution in [2.45, 2.75) is 31.1 Å². The van der Waals surface area contributed by atoms with Crippen LogP contribution in [0.2, 0.25) is 0 Å². The number of nitrogens with one attached hydrogen (secondary N) is 2. The first kappa shape index (κ1) is 24.0. The Morgan fingerprint density at radius 2 is 1.69 bits per heavy atom. The molecule has 0 aromatic heterocycles. The van der Waals surface area contributed by atoms with Crippen LogP contribution in [0.4, 0.5) is 20.2 Å². The second-order valence-corrected chi connectivity index (χ2v) is 10.9. The van der Waals surface area contributed by atoms with E-state index in [1.807, 2.05) is 0 Å². The van der Waals surface area contributed by atoms with Crippen LogP contribution in [0, 0.1) is 11.6 Å². The van der Waals surface area contributed by atoms with E-state index < -0.39 is 38.4 Å². The maximum atomic E-state index is 14.8. The van der Waals surface area contributed by atoms with Crippen LogP contribution in [0.5, 0.6) is 0 Å². The van der Waals surface area contributed by atoms with Gasteiger partial charge in [0, 0.05) is 27.8 Å². The summed E-state index contributed by atoms with van der Waals surface area (Å²) >= 11 is 1.06. The maximum absolute atomic E-state index is 14.8. The number of primary amides is 1. The number of nitrogens with two attached hydrogens (primary N) is 1. The highest BCUT2D eigenvalue weighted by molar-refractivity contribution is 8.03. The summed E-state index contributed by atoms with van der Waals surface area (Å²) < 4.78 is 54.5. The maximum Gasteiger partial charge on any atom is 0.247 e. The SMILES string of the molecule is CC(C)(O)c1cc(F)c(C2CC(C(N)=O)=C(Nc3ccc(NS(C)(=O)=O)cc3)S2)c(F)c1. The van der Waals surface area contributed by atoms with Gasteiger partial charge in [0.05, 0.1) is 16.9 Å². The number of carbonyl (C=O) groups excluding carboxylic acids is 1. The molecule has 0 fully saturated rings. The summed E-state index contributed by atoms with van der Waals surface area (Å²) in [5.41, 5.74) is 5.06. The van der Waals surface area contributed by atoms with Crippen molar-refractivity contribution in [3.8, 4) is 0 Å². The van der Waals surface area contributed by atoms with Crippen LogP contribution in [0.3, 0.4) is 0 Å². The topological polar surface area (TPSA) is 122 Å². The van der Waals surface area contributed by atoms with Crippen molar-refractivity contribution in [1.29, 1.82) is 0 Å². The third kappa shape index (κ3) is 5.59. The zero-order valence-electron chi connectivity index (χ0n) is 17.6. The van der Waals surface area contributed by atoms with Crippen LogP contribution in [0.25, 0.3) is 0 Å². The highest BCUT2D eigenvalue weighted by Gasteiger charge is 2.34. The zero-order chi connectivity index (χ0) is 23.8. The average molecular weight is 484 g/mol. The molecule has 1 aliphatic rings. The highest BCUT2D eigenvalue weighted by Crippen LogP contribution is 2.49. The van der Waals surface area contributed by atoms with E-state index >= 15 is 0 Å². The molecule has 1 atom stereocenters. The number of carbonyl (C=O) groups is 1. The van der Waals surface area contributed by atoms with Crippen LogP contribution < -0.4 is 15.8 Å². The van der Waals surface area contributed by atoms with Crippen molar-refractivity contribution in [2.24, 2.45) is 5.73 Å². The molecule has 0 radical (unpaired) electrons. The summed E-state index contributed by atoms with van der Waals surface area (Å²) in [5.74, 6) is -2.35. The molecular formula is C21H23F2N3O4S2. The zero-order valence-corrected chi connectivity index (χ0v) is 19.2. The van der Waals surface area contributed by atoms with Gasteiger partial charge in [-0.3, -0.25) is 9.52 Å². The number of halogens is 2. The molecular weight excluding hydrogens is 460 g/mol. The van der Waals surface area contributed by atoms with Gasteiger partial charge in [0.2, 0.25) is 15.9 Å². The molecule has 7 nitrogen and oxygen atoms in total. The molecule has 32 heavy (non-hydrogen) atoms. The Kier molecular flexibility index (Phi) is 6.55. The minimum Gasteiger partial charge on any atom is -0.386 e. The van der Waals surface area contributed by atoms with Crippen LogP contribution in [-0.2, 0) is 20.4 Å². The Bertz CT molecular complexity index is 1170. The largest absolute Gasteiger partial charge is 0.386 e. The Morgan fingerprint density at radius 1 is 1.16 bits per heavy atom. The van der Waals surface area contributed by atoms with Crippen molar-refractivity contribution in [2.75, 3.05) is 16.3 Å². The van der Waals surface area contributed by atoms with E-state index in [4.69, 9.17) is 5.73 Å². The fourth-order valence-corrected chi connectivity index (χ4v) is 5.17. The predicted octanol–water partition coefficient (Wildman–Crippen LogP) is 3.55. The first-order chi connectivity index (χ1) is 14.7. The molecule has 0 bridgehead atoms. The quantitative estimate of drug-likeness (QED) is 0.478. The minimum absolute atomic E-state index is 0.0196. The van der Waals surface area contributed by atoms with E-state index in [0.717, 1.165) is 30.2 Å². The van der Waals surface area contributed by atoms with Gasteiger partial charge in [0.15, 0.2) is 0 Å². The summed E-state index contributed by atoms with van der Waals surface area (Å²) in [4.78, 5) is 12.0. The van der Waals surface area contributed by atoms with E-state index in [1.54, 1.807) is 12.1 Å². The number of hydrogen-bond acceptors (Lipinski definition) is 6. The van der Waals surface area contributed by atoms with E-state index in [-0.39, 0.29) is 23.1 Å². The summed E-state index contributed by atoms with van der Waals surface area (Å²) in [6.07, 6.45) is 1.05. The number of sulfonamides is 1. The molecule has 0 saturated carbocycles. The molecule has 0 saturated heterocycles. The van der Waals surface area contributed by atoms with Crippen LogP contribution in [-0.4, -0.2) is 25.7 Å². The lowest BCUT2D eigenvalue weighted by Gasteiger charge is -2.20. The minimum atomic E-state index is -3.42.